The Morgan fingerprint density at radius 3 is 2.15 bits per heavy atom. The third-order valence-electron chi connectivity index (χ3n) is 1.24. The number of likely N-dealkylation sites (N-methyl/N-ethyl adjacent to an activating group) is 1. The van der Waals surface area contributed by atoms with Gasteiger partial charge in [-0.25, -0.2) is 4.79 Å². The minimum absolute atomic E-state index is 0. The molecule has 0 aliphatic heterocycles. The Morgan fingerprint density at radius 1 is 1.23 bits per heavy atom. The lowest BCUT2D eigenvalue weighted by molar-refractivity contribution is -0.870. The van der Waals surface area contributed by atoms with Crippen molar-refractivity contribution in [2.45, 2.75) is 6.92 Å². The van der Waals surface area contributed by atoms with E-state index in [2.05, 4.69) is 4.74 Å². The van der Waals surface area contributed by atoms with E-state index in [1.54, 1.807) is 6.92 Å². The number of carbonyl (C=O) groups is 1. The molecule has 0 saturated heterocycles. The zero-order valence-electron chi connectivity index (χ0n) is 8.67. The average Bonchev–Trinajstić information content (AvgIpc) is 1.84. The van der Waals surface area contributed by atoms with Gasteiger partial charge in [-0.15, -0.1) is 0 Å². The van der Waals surface area contributed by atoms with Crippen LogP contribution in [0.3, 0.4) is 0 Å². The summed E-state index contributed by atoms with van der Waals surface area (Å²) in [6, 6.07) is 0. The second kappa shape index (κ2) is 6.97. The minimum Gasteiger partial charge on any atom is -1.00 e. The molecule has 0 N–H and O–H groups in total. The van der Waals surface area contributed by atoms with Gasteiger partial charge in [0.25, 0.3) is 0 Å². The zero-order valence-corrected chi connectivity index (χ0v) is 9.43. The van der Waals surface area contributed by atoms with Gasteiger partial charge >= 0.3 is 6.16 Å². The molecule has 0 unspecified atom stereocenters. The Hall–Kier alpha value is -0.480. The van der Waals surface area contributed by atoms with E-state index < -0.39 is 6.16 Å². The Balaban J connectivity index is 0. The second-order valence-electron chi connectivity index (χ2n) is 3.55. The van der Waals surface area contributed by atoms with E-state index in [9.17, 15) is 4.79 Å². The molecule has 0 heterocycles. The molecule has 0 fully saturated rings. The van der Waals surface area contributed by atoms with E-state index in [0.717, 1.165) is 11.0 Å². The Bertz CT molecular complexity index is 145. The highest BCUT2D eigenvalue weighted by atomic mass is 35.5. The normalized spacial score (nSPS) is 10.2. The summed E-state index contributed by atoms with van der Waals surface area (Å²) in [5, 5.41) is 0. The van der Waals surface area contributed by atoms with E-state index in [0.29, 0.717) is 13.2 Å². The van der Waals surface area contributed by atoms with Crippen molar-refractivity contribution >= 4 is 6.16 Å². The maximum absolute atomic E-state index is 10.7. The number of nitrogens with zero attached hydrogens (tertiary/aromatic N) is 1. The number of halogens is 1. The average molecular weight is 212 g/mol. The van der Waals surface area contributed by atoms with Crippen molar-refractivity contribution in [1.82, 2.24) is 0 Å². The zero-order chi connectivity index (χ0) is 9.61. The highest BCUT2D eigenvalue weighted by Crippen LogP contribution is 1.91. The molecule has 0 bridgehead atoms. The highest BCUT2D eigenvalue weighted by molar-refractivity contribution is 5.59. The van der Waals surface area contributed by atoms with Crippen LogP contribution in [0.1, 0.15) is 6.92 Å². The fraction of sp³-hybridized carbons (Fsp3) is 0.875. The maximum atomic E-state index is 10.7. The van der Waals surface area contributed by atoms with Crippen LogP contribution < -0.4 is 12.4 Å². The number of ether oxygens (including phenoxy) is 2. The number of hydrogen-bond donors (Lipinski definition) is 0. The first kappa shape index (κ1) is 15.0. The van der Waals surface area contributed by atoms with Gasteiger partial charge in [0.05, 0.1) is 27.7 Å². The van der Waals surface area contributed by atoms with Crippen molar-refractivity contribution in [2.75, 3.05) is 40.9 Å². The van der Waals surface area contributed by atoms with Crippen LogP contribution in [0.4, 0.5) is 4.79 Å². The lowest BCUT2D eigenvalue weighted by Crippen LogP contribution is -3.00. The summed E-state index contributed by atoms with van der Waals surface area (Å²) in [5.74, 6) is 0. The van der Waals surface area contributed by atoms with Gasteiger partial charge in [-0.3, -0.25) is 0 Å². The fourth-order valence-corrected chi connectivity index (χ4v) is 0.562. The SMILES string of the molecule is CCOC(=O)OCC[N+](C)(C)C.[Cl-]. The van der Waals surface area contributed by atoms with E-state index >= 15 is 0 Å². The van der Waals surface area contributed by atoms with Crippen molar-refractivity contribution in [1.29, 1.82) is 0 Å². The predicted octanol–water partition coefficient (Wildman–Crippen LogP) is -2.13. The summed E-state index contributed by atoms with van der Waals surface area (Å²) in [5.41, 5.74) is 0. The third kappa shape index (κ3) is 11.5. The van der Waals surface area contributed by atoms with Gasteiger partial charge in [-0.2, -0.15) is 0 Å². The molecule has 0 atom stereocenters. The summed E-state index contributed by atoms with van der Waals surface area (Å²) >= 11 is 0. The number of rotatable bonds is 4. The highest BCUT2D eigenvalue weighted by Gasteiger charge is 2.08. The first-order chi connectivity index (χ1) is 5.45. The van der Waals surface area contributed by atoms with Crippen LogP contribution in [-0.4, -0.2) is 51.5 Å². The first-order valence-corrected chi connectivity index (χ1v) is 4.05. The van der Waals surface area contributed by atoms with E-state index in [1.165, 1.54) is 0 Å². The van der Waals surface area contributed by atoms with Crippen molar-refractivity contribution in [3.63, 3.8) is 0 Å². The Morgan fingerprint density at radius 2 is 1.77 bits per heavy atom. The maximum Gasteiger partial charge on any atom is 0.508 e. The van der Waals surface area contributed by atoms with Crippen LogP contribution in [0.15, 0.2) is 0 Å². The molecule has 0 aliphatic carbocycles. The van der Waals surface area contributed by atoms with E-state index in [4.69, 9.17) is 4.74 Å². The summed E-state index contributed by atoms with van der Waals surface area (Å²) < 4.78 is 10.1. The largest absolute Gasteiger partial charge is 1.00 e. The van der Waals surface area contributed by atoms with Crippen LogP contribution in [0.5, 0.6) is 0 Å². The first-order valence-electron chi connectivity index (χ1n) is 4.05. The van der Waals surface area contributed by atoms with Crippen molar-refractivity contribution in [3.05, 3.63) is 0 Å². The summed E-state index contributed by atoms with van der Waals surface area (Å²) in [6.45, 7) is 3.31. The van der Waals surface area contributed by atoms with Crippen LogP contribution in [-0.2, 0) is 9.47 Å². The number of hydrogen-bond acceptors (Lipinski definition) is 3. The second-order valence-corrected chi connectivity index (χ2v) is 3.55. The van der Waals surface area contributed by atoms with Crippen LogP contribution in [0, 0.1) is 0 Å². The van der Waals surface area contributed by atoms with Gasteiger partial charge in [-0.05, 0) is 6.92 Å². The summed E-state index contributed by atoms with van der Waals surface area (Å²) in [7, 11) is 6.11. The molecule has 0 rings (SSSR count). The number of carbonyl (C=O) groups excluding carboxylic acids is 1. The molecule has 0 aromatic carbocycles. The lowest BCUT2D eigenvalue weighted by Gasteiger charge is -2.23. The molecule has 4 nitrogen and oxygen atoms in total. The molecule has 0 saturated carbocycles. The smallest absolute Gasteiger partial charge is 0.508 e. The summed E-state index contributed by atoms with van der Waals surface area (Å²) in [6.07, 6.45) is -0.578. The molecular formula is C8H18ClNO3. The molecular weight excluding hydrogens is 194 g/mol. The van der Waals surface area contributed by atoms with Gasteiger partial charge in [0.15, 0.2) is 0 Å². The molecule has 5 heteroatoms. The van der Waals surface area contributed by atoms with Crippen molar-refractivity contribution < 1.29 is 31.2 Å². The quantitative estimate of drug-likeness (QED) is 0.394. The van der Waals surface area contributed by atoms with E-state index in [-0.39, 0.29) is 12.4 Å². The molecule has 0 amide bonds. The lowest BCUT2D eigenvalue weighted by atomic mass is 10.5. The molecule has 80 valence electrons. The van der Waals surface area contributed by atoms with E-state index in [1.807, 2.05) is 21.1 Å². The summed E-state index contributed by atoms with van der Waals surface area (Å²) in [4.78, 5) is 10.7. The Labute approximate surface area is 85.8 Å². The van der Waals surface area contributed by atoms with Gasteiger partial charge < -0.3 is 26.4 Å². The molecule has 0 spiro atoms. The van der Waals surface area contributed by atoms with Gasteiger partial charge in [-0.1, -0.05) is 0 Å². The standard InChI is InChI=1S/C8H18NO3.ClH/c1-5-11-8(10)12-7-6-9(2,3)4;/h5-7H2,1-4H3;1H/q+1;/p-1. The monoisotopic (exact) mass is 211 g/mol. The molecule has 0 radical (unpaired) electrons. The molecule has 13 heavy (non-hydrogen) atoms. The van der Waals surface area contributed by atoms with Crippen LogP contribution >= 0.6 is 0 Å². The van der Waals surface area contributed by atoms with Gasteiger partial charge in [0, 0.05) is 0 Å². The minimum atomic E-state index is -0.578. The van der Waals surface area contributed by atoms with Crippen LogP contribution in [0.25, 0.3) is 0 Å². The third-order valence-corrected chi connectivity index (χ3v) is 1.24. The van der Waals surface area contributed by atoms with Crippen molar-refractivity contribution in [3.8, 4) is 0 Å². The molecule has 0 aromatic heterocycles. The fourth-order valence-electron chi connectivity index (χ4n) is 0.562. The number of quaternary nitrogens is 1. The molecule has 0 aliphatic rings. The Kier molecular flexibility index (Phi) is 8.05. The van der Waals surface area contributed by atoms with Crippen LogP contribution in [0.2, 0.25) is 0 Å². The van der Waals surface area contributed by atoms with Crippen molar-refractivity contribution in [2.24, 2.45) is 0 Å². The predicted molar refractivity (Wildman–Crippen MR) is 45.9 cm³/mol. The van der Waals surface area contributed by atoms with Gasteiger partial charge in [0.1, 0.15) is 13.2 Å². The topological polar surface area (TPSA) is 35.5 Å². The molecule has 0 aromatic rings. The van der Waals surface area contributed by atoms with Gasteiger partial charge in [0.2, 0.25) is 0 Å².